The molecular formula is C15H19FN2S. The molecule has 0 amide bonds. The first-order chi connectivity index (χ1) is 9.17. The van der Waals surface area contributed by atoms with Crippen LogP contribution in [0.25, 0.3) is 0 Å². The Labute approximate surface area is 117 Å². The Balaban J connectivity index is 1.77. The second-order valence-corrected chi connectivity index (χ2v) is 6.54. The third kappa shape index (κ3) is 2.78. The van der Waals surface area contributed by atoms with Crippen LogP contribution >= 0.6 is 11.8 Å². The highest BCUT2D eigenvalue weighted by molar-refractivity contribution is 8.14. The lowest BCUT2D eigenvalue weighted by Crippen LogP contribution is -2.29. The van der Waals surface area contributed by atoms with Crippen molar-refractivity contribution < 1.29 is 4.39 Å². The fraction of sp³-hybridized carbons (Fsp3) is 0.533. The number of aliphatic imine (C=N–C) groups is 1. The van der Waals surface area contributed by atoms with Crippen LogP contribution in [-0.2, 0) is 0 Å². The minimum absolute atomic E-state index is 0.159. The summed E-state index contributed by atoms with van der Waals surface area (Å²) in [6, 6.07) is 4.84. The van der Waals surface area contributed by atoms with E-state index >= 15 is 0 Å². The fourth-order valence-electron chi connectivity index (χ4n) is 2.86. The highest BCUT2D eigenvalue weighted by Gasteiger charge is 2.36. The van der Waals surface area contributed by atoms with Crippen LogP contribution in [0.1, 0.15) is 37.7 Å². The molecule has 0 atom stereocenters. The maximum Gasteiger partial charge on any atom is 0.161 e. The zero-order chi connectivity index (χ0) is 13.3. The van der Waals surface area contributed by atoms with Crippen molar-refractivity contribution in [1.82, 2.24) is 0 Å². The van der Waals surface area contributed by atoms with Gasteiger partial charge in [0, 0.05) is 11.4 Å². The molecule has 1 aromatic rings. The lowest BCUT2D eigenvalue weighted by molar-refractivity contribution is 0.335. The summed E-state index contributed by atoms with van der Waals surface area (Å²) in [4.78, 5) is 4.89. The van der Waals surface area contributed by atoms with Gasteiger partial charge in [-0.1, -0.05) is 37.1 Å². The van der Waals surface area contributed by atoms with Gasteiger partial charge in [0.05, 0.1) is 5.54 Å². The lowest BCUT2D eigenvalue weighted by Gasteiger charge is -2.29. The highest BCUT2D eigenvalue weighted by atomic mass is 32.2. The first kappa shape index (κ1) is 13.0. The molecule has 2 nitrogen and oxygen atoms in total. The van der Waals surface area contributed by atoms with Gasteiger partial charge in [-0.2, -0.15) is 0 Å². The molecule has 4 heteroatoms. The Hall–Kier alpha value is -1.03. The normalized spacial score (nSPS) is 21.5. The van der Waals surface area contributed by atoms with Crippen LogP contribution in [-0.4, -0.2) is 16.5 Å². The molecule has 102 valence electrons. The molecule has 0 aromatic heterocycles. The average molecular weight is 278 g/mol. The zero-order valence-corrected chi connectivity index (χ0v) is 12.0. The Kier molecular flexibility index (Phi) is 3.52. The van der Waals surface area contributed by atoms with Crippen molar-refractivity contribution in [2.24, 2.45) is 4.99 Å². The van der Waals surface area contributed by atoms with Crippen LogP contribution in [0.15, 0.2) is 23.2 Å². The molecule has 2 aliphatic rings. The smallest absolute Gasteiger partial charge is 0.161 e. The monoisotopic (exact) mass is 278 g/mol. The van der Waals surface area contributed by atoms with E-state index in [1.165, 1.54) is 38.2 Å². The number of thioether (sulfide) groups is 1. The quantitative estimate of drug-likeness (QED) is 0.825. The van der Waals surface area contributed by atoms with Gasteiger partial charge in [0.25, 0.3) is 0 Å². The topological polar surface area (TPSA) is 24.4 Å². The minimum atomic E-state index is -0.205. The molecule has 3 rings (SSSR count). The molecule has 0 unspecified atom stereocenters. The Morgan fingerprint density at radius 1 is 1.26 bits per heavy atom. The Bertz CT molecular complexity index is 507. The summed E-state index contributed by atoms with van der Waals surface area (Å²) in [5.74, 6) is 0.869. The van der Waals surface area contributed by atoms with Gasteiger partial charge in [-0.3, -0.25) is 4.99 Å². The van der Waals surface area contributed by atoms with E-state index in [2.05, 4.69) is 5.32 Å². The largest absolute Gasteiger partial charge is 0.335 e. The van der Waals surface area contributed by atoms with E-state index in [1.807, 2.05) is 6.92 Å². The molecule has 0 saturated heterocycles. The van der Waals surface area contributed by atoms with E-state index in [-0.39, 0.29) is 11.4 Å². The summed E-state index contributed by atoms with van der Waals surface area (Å²) < 4.78 is 13.3. The van der Waals surface area contributed by atoms with Crippen LogP contribution in [0, 0.1) is 12.7 Å². The lowest BCUT2D eigenvalue weighted by atomic mass is 9.84. The van der Waals surface area contributed by atoms with Gasteiger partial charge in [-0.05, 0) is 37.5 Å². The molecule has 19 heavy (non-hydrogen) atoms. The van der Waals surface area contributed by atoms with Gasteiger partial charge in [0.15, 0.2) is 5.17 Å². The van der Waals surface area contributed by atoms with E-state index in [9.17, 15) is 4.39 Å². The molecule has 1 aliphatic carbocycles. The molecule has 1 spiro atoms. The maximum atomic E-state index is 13.3. The second-order valence-electron chi connectivity index (χ2n) is 5.57. The molecule has 1 saturated carbocycles. The SMILES string of the molecule is Cc1ccc(F)cc1NC1=NC2(CCCCC2)CS1. The van der Waals surface area contributed by atoms with Crippen molar-refractivity contribution in [3.8, 4) is 0 Å². The number of rotatable bonds is 1. The number of nitrogens with zero attached hydrogens (tertiary/aromatic N) is 1. The number of halogens is 1. The van der Waals surface area contributed by atoms with Crippen LogP contribution in [0.4, 0.5) is 10.1 Å². The molecular weight excluding hydrogens is 259 g/mol. The van der Waals surface area contributed by atoms with Crippen molar-refractivity contribution >= 4 is 22.6 Å². The van der Waals surface area contributed by atoms with Gasteiger partial charge in [0.1, 0.15) is 5.82 Å². The van der Waals surface area contributed by atoms with Gasteiger partial charge in [0.2, 0.25) is 0 Å². The second kappa shape index (κ2) is 5.16. The predicted octanol–water partition coefficient (Wildman–Crippen LogP) is 4.35. The Morgan fingerprint density at radius 2 is 2.05 bits per heavy atom. The van der Waals surface area contributed by atoms with Crippen molar-refractivity contribution in [3.63, 3.8) is 0 Å². The molecule has 0 bridgehead atoms. The highest BCUT2D eigenvalue weighted by Crippen LogP contribution is 2.40. The molecule has 1 heterocycles. The summed E-state index contributed by atoms with van der Waals surface area (Å²) in [6.45, 7) is 1.98. The summed E-state index contributed by atoms with van der Waals surface area (Å²) in [5, 5.41) is 4.25. The Morgan fingerprint density at radius 3 is 2.84 bits per heavy atom. The van der Waals surface area contributed by atoms with Gasteiger partial charge in [-0.25, -0.2) is 4.39 Å². The van der Waals surface area contributed by atoms with Crippen molar-refractivity contribution in [2.45, 2.75) is 44.6 Å². The number of amidine groups is 1. The van der Waals surface area contributed by atoms with Crippen molar-refractivity contribution in [2.75, 3.05) is 11.1 Å². The first-order valence-corrected chi connectivity index (χ1v) is 7.91. The van der Waals surface area contributed by atoms with Gasteiger partial charge < -0.3 is 5.32 Å². The van der Waals surface area contributed by atoms with E-state index in [4.69, 9.17) is 4.99 Å². The van der Waals surface area contributed by atoms with Crippen LogP contribution in [0.2, 0.25) is 0 Å². The van der Waals surface area contributed by atoms with E-state index in [0.717, 1.165) is 22.2 Å². The average Bonchev–Trinajstić information content (AvgIpc) is 2.78. The number of aryl methyl sites for hydroxylation is 1. The summed E-state index contributed by atoms with van der Waals surface area (Å²) in [7, 11) is 0. The van der Waals surface area contributed by atoms with E-state index in [0.29, 0.717) is 0 Å². The minimum Gasteiger partial charge on any atom is -0.335 e. The number of hydrogen-bond donors (Lipinski definition) is 1. The van der Waals surface area contributed by atoms with Crippen molar-refractivity contribution in [1.29, 1.82) is 0 Å². The standard InChI is InChI=1S/C15H19FN2S/c1-11-5-6-12(16)9-13(11)17-14-18-15(10-19-14)7-3-2-4-8-15/h5-6,9H,2-4,7-8,10H2,1H3,(H,17,18). The molecule has 1 fully saturated rings. The van der Waals surface area contributed by atoms with E-state index in [1.54, 1.807) is 23.9 Å². The van der Waals surface area contributed by atoms with E-state index < -0.39 is 0 Å². The maximum absolute atomic E-state index is 13.3. The number of anilines is 1. The molecule has 0 radical (unpaired) electrons. The summed E-state index contributed by atoms with van der Waals surface area (Å²) >= 11 is 1.77. The predicted molar refractivity (Wildman–Crippen MR) is 80.5 cm³/mol. The van der Waals surface area contributed by atoms with Gasteiger partial charge in [-0.15, -0.1) is 0 Å². The van der Waals surface area contributed by atoms with Crippen LogP contribution in [0.3, 0.4) is 0 Å². The molecule has 1 N–H and O–H groups in total. The molecule has 1 aromatic carbocycles. The molecule has 1 aliphatic heterocycles. The number of hydrogen-bond acceptors (Lipinski definition) is 3. The fourth-order valence-corrected chi connectivity index (χ4v) is 4.06. The number of nitrogens with one attached hydrogen (secondary N) is 1. The van der Waals surface area contributed by atoms with Crippen molar-refractivity contribution in [3.05, 3.63) is 29.6 Å². The first-order valence-electron chi connectivity index (χ1n) is 6.93. The zero-order valence-electron chi connectivity index (χ0n) is 11.2. The van der Waals surface area contributed by atoms with Crippen LogP contribution < -0.4 is 5.32 Å². The third-order valence-electron chi connectivity index (χ3n) is 4.04. The van der Waals surface area contributed by atoms with Gasteiger partial charge >= 0.3 is 0 Å². The van der Waals surface area contributed by atoms with Crippen LogP contribution in [0.5, 0.6) is 0 Å². The third-order valence-corrected chi connectivity index (χ3v) is 5.19. The summed E-state index contributed by atoms with van der Waals surface area (Å²) in [6.07, 6.45) is 6.32. The number of benzene rings is 1. The summed E-state index contributed by atoms with van der Waals surface area (Å²) in [5.41, 5.74) is 2.04.